The maximum absolute atomic E-state index is 5.74. The van der Waals surface area contributed by atoms with Crippen LogP contribution in [0.15, 0.2) is 30.3 Å². The van der Waals surface area contributed by atoms with Gasteiger partial charge in [0.15, 0.2) is 5.79 Å². The molecule has 2 aliphatic heterocycles. The minimum absolute atomic E-state index is 0.222. The molecule has 2 saturated heterocycles. The Morgan fingerprint density at radius 1 is 1.00 bits per heavy atom. The van der Waals surface area contributed by atoms with Crippen molar-refractivity contribution in [2.45, 2.75) is 25.2 Å². The molecule has 1 aromatic carbocycles. The van der Waals surface area contributed by atoms with Crippen LogP contribution >= 0.6 is 0 Å². The van der Waals surface area contributed by atoms with Crippen molar-refractivity contribution in [3.8, 4) is 0 Å². The smallest absolute Gasteiger partial charge is 0.179 e. The third kappa shape index (κ3) is 2.51. The normalized spacial score (nSPS) is 24.2. The summed E-state index contributed by atoms with van der Waals surface area (Å²) in [6, 6.07) is 10.7. The molecule has 3 nitrogen and oxygen atoms in total. The van der Waals surface area contributed by atoms with Crippen LogP contribution in [0.5, 0.6) is 0 Å². The van der Waals surface area contributed by atoms with Gasteiger partial charge >= 0.3 is 0 Å². The van der Waals surface area contributed by atoms with Crippen molar-refractivity contribution in [2.75, 3.05) is 26.3 Å². The Bertz CT molecular complexity index is 350. The number of likely N-dealkylation sites (tertiary alicyclic amines) is 1. The number of ether oxygens (including phenoxy) is 2. The Morgan fingerprint density at radius 3 is 2.29 bits per heavy atom. The zero-order chi connectivity index (χ0) is 11.6. The molecule has 1 N–H and O–H groups in total. The number of rotatable bonds is 2. The summed E-state index contributed by atoms with van der Waals surface area (Å²) in [6.07, 6.45) is 2.07. The standard InChI is InChI=1S/C14H19NO2/c1-2-4-13(5-3-1)12-15-8-6-14(7-9-15)16-10-11-17-14/h1-5H,6-12H2/p+1. The molecule has 92 valence electrons. The highest BCUT2D eigenvalue weighted by atomic mass is 16.7. The fraction of sp³-hybridized carbons (Fsp3) is 0.571. The van der Waals surface area contributed by atoms with Gasteiger partial charge in [-0.25, -0.2) is 0 Å². The highest BCUT2D eigenvalue weighted by molar-refractivity contribution is 5.13. The average Bonchev–Trinajstić information content (AvgIpc) is 2.83. The monoisotopic (exact) mass is 234 g/mol. The predicted octanol–water partition coefficient (Wildman–Crippen LogP) is 0.608. The maximum atomic E-state index is 5.74. The first-order valence-electron chi connectivity index (χ1n) is 6.52. The highest BCUT2D eigenvalue weighted by Gasteiger charge is 2.41. The van der Waals surface area contributed by atoms with E-state index in [0.29, 0.717) is 0 Å². The quantitative estimate of drug-likeness (QED) is 0.810. The number of hydrogen-bond donors (Lipinski definition) is 1. The molecule has 0 radical (unpaired) electrons. The van der Waals surface area contributed by atoms with Crippen molar-refractivity contribution in [1.29, 1.82) is 0 Å². The molecule has 0 aliphatic carbocycles. The van der Waals surface area contributed by atoms with Crippen LogP contribution in [-0.2, 0) is 16.0 Å². The van der Waals surface area contributed by atoms with E-state index in [4.69, 9.17) is 9.47 Å². The Kier molecular flexibility index (Phi) is 3.14. The summed E-state index contributed by atoms with van der Waals surface area (Å²) in [5, 5.41) is 0. The second-order valence-electron chi connectivity index (χ2n) is 5.02. The van der Waals surface area contributed by atoms with Gasteiger partial charge in [0.2, 0.25) is 0 Å². The fourth-order valence-electron chi connectivity index (χ4n) is 2.83. The topological polar surface area (TPSA) is 22.9 Å². The van der Waals surface area contributed by atoms with E-state index >= 15 is 0 Å². The van der Waals surface area contributed by atoms with Crippen LogP contribution in [0.1, 0.15) is 18.4 Å². The van der Waals surface area contributed by atoms with E-state index < -0.39 is 0 Å². The summed E-state index contributed by atoms with van der Waals surface area (Å²) in [6.45, 7) is 4.96. The van der Waals surface area contributed by atoms with Crippen molar-refractivity contribution in [3.63, 3.8) is 0 Å². The van der Waals surface area contributed by atoms with Crippen LogP contribution in [0.3, 0.4) is 0 Å². The van der Waals surface area contributed by atoms with E-state index in [9.17, 15) is 0 Å². The molecule has 0 amide bonds. The summed E-state index contributed by atoms with van der Waals surface area (Å²) < 4.78 is 11.5. The first kappa shape index (κ1) is 11.2. The number of nitrogens with one attached hydrogen (secondary N) is 1. The molecule has 0 aromatic heterocycles. The third-order valence-corrected chi connectivity index (χ3v) is 3.83. The van der Waals surface area contributed by atoms with Gasteiger partial charge in [0.25, 0.3) is 0 Å². The Morgan fingerprint density at radius 2 is 1.65 bits per heavy atom. The summed E-state index contributed by atoms with van der Waals surface area (Å²) in [7, 11) is 0. The predicted molar refractivity (Wildman–Crippen MR) is 64.7 cm³/mol. The number of hydrogen-bond acceptors (Lipinski definition) is 2. The zero-order valence-electron chi connectivity index (χ0n) is 10.2. The molecule has 1 aromatic rings. The molecule has 2 fully saturated rings. The van der Waals surface area contributed by atoms with Crippen molar-refractivity contribution in [1.82, 2.24) is 0 Å². The van der Waals surface area contributed by atoms with Crippen LogP contribution in [0.25, 0.3) is 0 Å². The molecule has 0 saturated carbocycles. The molecule has 0 unspecified atom stereocenters. The van der Waals surface area contributed by atoms with Gasteiger partial charge in [0.05, 0.1) is 39.1 Å². The fourth-order valence-corrected chi connectivity index (χ4v) is 2.83. The summed E-state index contributed by atoms with van der Waals surface area (Å²) in [4.78, 5) is 1.64. The number of quaternary nitrogens is 1. The molecule has 0 atom stereocenters. The molecule has 17 heavy (non-hydrogen) atoms. The lowest BCUT2D eigenvalue weighted by molar-refractivity contribution is -0.922. The van der Waals surface area contributed by atoms with Crippen molar-refractivity contribution in [2.24, 2.45) is 0 Å². The number of piperidine rings is 1. The van der Waals surface area contributed by atoms with Crippen LogP contribution in [0.4, 0.5) is 0 Å². The van der Waals surface area contributed by atoms with Gasteiger partial charge in [-0.1, -0.05) is 30.3 Å². The molecule has 1 spiro atoms. The molecule has 0 bridgehead atoms. The molecular weight excluding hydrogens is 214 g/mol. The van der Waals surface area contributed by atoms with Gasteiger partial charge in [-0.2, -0.15) is 0 Å². The van der Waals surface area contributed by atoms with Gasteiger partial charge < -0.3 is 14.4 Å². The summed E-state index contributed by atoms with van der Waals surface area (Å²) >= 11 is 0. The second-order valence-corrected chi connectivity index (χ2v) is 5.02. The first-order valence-corrected chi connectivity index (χ1v) is 6.52. The lowest BCUT2D eigenvalue weighted by Crippen LogP contribution is -3.12. The summed E-state index contributed by atoms with van der Waals surface area (Å²) in [5.41, 5.74) is 1.42. The van der Waals surface area contributed by atoms with Crippen LogP contribution < -0.4 is 4.90 Å². The van der Waals surface area contributed by atoms with E-state index in [0.717, 1.165) is 45.7 Å². The Hall–Kier alpha value is -0.900. The van der Waals surface area contributed by atoms with Gasteiger partial charge in [0, 0.05) is 5.56 Å². The molecule has 3 rings (SSSR count). The lowest BCUT2D eigenvalue weighted by atomic mass is 10.0. The maximum Gasteiger partial charge on any atom is 0.179 e. The lowest BCUT2D eigenvalue weighted by Gasteiger charge is -2.35. The SMILES string of the molecule is c1ccc(C[NH+]2CCC3(CC2)OCCO3)cc1. The van der Waals surface area contributed by atoms with Gasteiger partial charge in [0.1, 0.15) is 6.54 Å². The van der Waals surface area contributed by atoms with E-state index in [-0.39, 0.29) is 5.79 Å². The first-order chi connectivity index (χ1) is 8.36. The van der Waals surface area contributed by atoms with Crippen LogP contribution in [0.2, 0.25) is 0 Å². The second kappa shape index (κ2) is 4.77. The van der Waals surface area contributed by atoms with Crippen molar-refractivity contribution in [3.05, 3.63) is 35.9 Å². The summed E-state index contributed by atoms with van der Waals surface area (Å²) in [5.74, 6) is -0.222. The minimum atomic E-state index is -0.222. The largest absolute Gasteiger partial charge is 0.347 e. The van der Waals surface area contributed by atoms with Crippen molar-refractivity contribution < 1.29 is 14.4 Å². The highest BCUT2D eigenvalue weighted by Crippen LogP contribution is 2.27. The number of benzene rings is 1. The van der Waals surface area contributed by atoms with E-state index in [2.05, 4.69) is 30.3 Å². The Balaban J connectivity index is 1.55. The minimum Gasteiger partial charge on any atom is -0.347 e. The van der Waals surface area contributed by atoms with Crippen LogP contribution in [-0.4, -0.2) is 32.1 Å². The third-order valence-electron chi connectivity index (χ3n) is 3.83. The van der Waals surface area contributed by atoms with E-state index in [1.54, 1.807) is 4.90 Å². The zero-order valence-corrected chi connectivity index (χ0v) is 10.2. The van der Waals surface area contributed by atoms with Crippen LogP contribution in [0, 0.1) is 0 Å². The van der Waals surface area contributed by atoms with E-state index in [1.165, 1.54) is 5.56 Å². The molecular formula is C14H20NO2+. The van der Waals surface area contributed by atoms with E-state index in [1.807, 2.05) is 0 Å². The molecule has 3 heteroatoms. The Labute approximate surface area is 102 Å². The van der Waals surface area contributed by atoms with Gasteiger partial charge in [-0.05, 0) is 0 Å². The average molecular weight is 234 g/mol. The van der Waals surface area contributed by atoms with Gasteiger partial charge in [-0.3, -0.25) is 0 Å². The van der Waals surface area contributed by atoms with Crippen molar-refractivity contribution >= 4 is 0 Å². The molecule has 2 aliphatic rings. The van der Waals surface area contributed by atoms with Gasteiger partial charge in [-0.15, -0.1) is 0 Å². The molecule has 2 heterocycles.